The van der Waals surface area contributed by atoms with Crippen LogP contribution in [0.1, 0.15) is 53.0 Å². The molecule has 1 saturated heterocycles. The Bertz CT molecular complexity index is 1750. The third-order valence-corrected chi connectivity index (χ3v) is 7.95. The number of carbonyl (C=O) groups excluding carboxylic acids is 2. The number of piperidine rings is 1. The van der Waals surface area contributed by atoms with E-state index in [0.29, 0.717) is 17.7 Å². The van der Waals surface area contributed by atoms with Crippen LogP contribution >= 0.6 is 11.6 Å². The highest BCUT2D eigenvalue weighted by molar-refractivity contribution is 6.31. The molecule has 42 heavy (non-hydrogen) atoms. The molecule has 0 unspecified atom stereocenters. The van der Waals surface area contributed by atoms with Crippen molar-refractivity contribution >= 4 is 34.9 Å². The maximum Gasteiger partial charge on any atom is 0.275 e. The summed E-state index contributed by atoms with van der Waals surface area (Å²) < 4.78 is 58.6. The molecule has 9 nitrogen and oxygen atoms in total. The van der Waals surface area contributed by atoms with Crippen molar-refractivity contribution in [2.75, 3.05) is 16.8 Å². The van der Waals surface area contributed by atoms with E-state index in [2.05, 4.69) is 25.4 Å². The molecule has 0 radical (unpaired) electrons. The predicted molar refractivity (Wildman–Crippen MR) is 144 cm³/mol. The molecule has 4 aromatic rings. The highest BCUT2D eigenvalue weighted by atomic mass is 35.5. The van der Waals surface area contributed by atoms with Crippen molar-refractivity contribution in [2.45, 2.75) is 32.7 Å². The van der Waals surface area contributed by atoms with Crippen molar-refractivity contribution in [3.8, 4) is 11.3 Å². The van der Waals surface area contributed by atoms with Gasteiger partial charge in [-0.05, 0) is 37.8 Å². The average molecular weight is 600 g/mol. The van der Waals surface area contributed by atoms with Crippen LogP contribution in [-0.2, 0) is 4.79 Å². The molecule has 6 rings (SSSR count). The molecular weight excluding hydrogens is 578 g/mol. The molecule has 14 heteroatoms. The lowest BCUT2D eigenvalue weighted by molar-refractivity contribution is -0.118. The first-order valence-corrected chi connectivity index (χ1v) is 13.3. The lowest BCUT2D eigenvalue weighted by Crippen LogP contribution is -2.30. The smallest absolute Gasteiger partial charge is 0.275 e. The minimum atomic E-state index is -3.02. The molecule has 3 aromatic heterocycles. The Hall–Kier alpha value is -4.39. The van der Waals surface area contributed by atoms with Crippen molar-refractivity contribution in [2.24, 2.45) is 11.8 Å². The first kappa shape index (κ1) is 27.8. The summed E-state index contributed by atoms with van der Waals surface area (Å²) in [7, 11) is 0. The van der Waals surface area contributed by atoms with E-state index in [1.165, 1.54) is 28.2 Å². The van der Waals surface area contributed by atoms with Gasteiger partial charge < -0.3 is 5.32 Å². The summed E-state index contributed by atoms with van der Waals surface area (Å²) in [4.78, 5) is 38.9. The molecule has 1 aliphatic carbocycles. The highest BCUT2D eigenvalue weighted by Gasteiger charge is 2.53. The molecular formula is C28H22ClF4N7O2. The molecule has 0 spiro atoms. The zero-order chi connectivity index (χ0) is 29.9. The minimum Gasteiger partial charge on any atom is -0.318 e. The zero-order valence-electron chi connectivity index (χ0n) is 22.2. The van der Waals surface area contributed by atoms with Crippen LogP contribution in [0.3, 0.4) is 0 Å². The van der Waals surface area contributed by atoms with Gasteiger partial charge >= 0.3 is 0 Å². The van der Waals surface area contributed by atoms with Crippen LogP contribution in [0, 0.1) is 30.4 Å². The molecule has 1 aromatic carbocycles. The van der Waals surface area contributed by atoms with Gasteiger partial charge in [-0.15, -0.1) is 0 Å². The van der Waals surface area contributed by atoms with E-state index in [-0.39, 0.29) is 45.7 Å². The number of pyridine rings is 1. The Balaban J connectivity index is 1.20. The summed E-state index contributed by atoms with van der Waals surface area (Å²) in [5.41, 5.74) is -0.628. The summed E-state index contributed by atoms with van der Waals surface area (Å²) in [5, 5.41) is 6.46. The summed E-state index contributed by atoms with van der Waals surface area (Å²) in [6.45, 7) is 3.85. The van der Waals surface area contributed by atoms with Crippen LogP contribution < -0.4 is 10.2 Å². The number of hydrogen-bond donors (Lipinski definition) is 1. The molecule has 0 bridgehead atoms. The third-order valence-electron chi connectivity index (χ3n) is 7.65. The van der Waals surface area contributed by atoms with Crippen molar-refractivity contribution in [1.82, 2.24) is 24.7 Å². The Kier molecular flexibility index (Phi) is 6.92. The fourth-order valence-corrected chi connectivity index (χ4v) is 5.37. The molecule has 2 amide bonds. The number of halogens is 5. The fraction of sp³-hybridized carbons (Fsp3) is 0.286. The number of benzene rings is 1. The number of hydrogen-bond acceptors (Lipinski definition) is 6. The number of amides is 2. The Morgan fingerprint density at radius 3 is 2.62 bits per heavy atom. The van der Waals surface area contributed by atoms with E-state index in [1.807, 2.05) is 0 Å². The van der Waals surface area contributed by atoms with Gasteiger partial charge in [-0.1, -0.05) is 17.7 Å². The van der Waals surface area contributed by atoms with Crippen LogP contribution in [0.4, 0.5) is 29.1 Å². The van der Waals surface area contributed by atoms with Gasteiger partial charge in [0.25, 0.3) is 12.3 Å². The average Bonchev–Trinajstić information content (AvgIpc) is 3.47. The van der Waals surface area contributed by atoms with E-state index in [1.54, 1.807) is 13.8 Å². The highest BCUT2D eigenvalue weighted by Crippen LogP contribution is 2.47. The van der Waals surface area contributed by atoms with Crippen molar-refractivity contribution < 1.29 is 27.2 Å². The second-order valence-electron chi connectivity index (χ2n) is 10.3. The SMILES string of the molecule is Cc1c([C@H](C)n2cc(NC(=O)c3cncc(-c4c(C(F)F)ccc(Cl)c4F)n3)cn2)cnc(N2C[C@H]3C[C@H]3C2=O)c1F. The van der Waals surface area contributed by atoms with Crippen LogP contribution in [0.5, 0.6) is 0 Å². The number of fused-ring (bicyclic) bond motifs is 1. The van der Waals surface area contributed by atoms with Crippen LogP contribution in [0.15, 0.2) is 43.1 Å². The molecule has 2 fully saturated rings. The lowest BCUT2D eigenvalue weighted by atomic mass is 10.0. The van der Waals surface area contributed by atoms with E-state index >= 15 is 4.39 Å². The monoisotopic (exact) mass is 599 g/mol. The second kappa shape index (κ2) is 10.5. The summed E-state index contributed by atoms with van der Waals surface area (Å²) in [5.74, 6) is -2.24. The second-order valence-corrected chi connectivity index (χ2v) is 10.7. The first-order chi connectivity index (χ1) is 20.0. The molecule has 4 heterocycles. The Labute approximate surface area is 241 Å². The van der Waals surface area contributed by atoms with Gasteiger partial charge in [0.1, 0.15) is 5.69 Å². The quantitative estimate of drug-likeness (QED) is 0.271. The number of rotatable bonds is 7. The van der Waals surface area contributed by atoms with Crippen molar-refractivity contribution in [3.05, 3.63) is 82.2 Å². The van der Waals surface area contributed by atoms with Gasteiger partial charge in [0, 0.05) is 41.5 Å². The molecule has 2 aliphatic rings. The summed E-state index contributed by atoms with van der Waals surface area (Å²) in [6.07, 6.45) is 4.37. The summed E-state index contributed by atoms with van der Waals surface area (Å²) in [6, 6.07) is 1.51. The first-order valence-electron chi connectivity index (χ1n) is 13.0. The van der Waals surface area contributed by atoms with Crippen molar-refractivity contribution in [3.63, 3.8) is 0 Å². The molecule has 1 N–H and O–H groups in total. The largest absolute Gasteiger partial charge is 0.318 e. The number of nitrogens with zero attached hydrogens (tertiary/aromatic N) is 6. The van der Waals surface area contributed by atoms with E-state index in [0.717, 1.165) is 30.9 Å². The number of alkyl halides is 2. The standard InChI is InChI=1S/C28H22ClF4N7O2/c1-12-18(7-35-26(23(12)30)39-10-14-5-17(14)28(39)42)13(2)40-11-15(6-36-40)37-27(41)21-9-34-8-20(38-21)22-16(25(32)33)3-4-19(29)24(22)31/h3-4,6-9,11,13-14,17,25H,5,10H2,1-2H3,(H,37,41)/t13-,14+,17+/m0/s1. The molecule has 3 atom stereocenters. The maximum absolute atomic E-state index is 15.3. The van der Waals surface area contributed by atoms with Crippen molar-refractivity contribution in [1.29, 1.82) is 0 Å². The van der Waals surface area contributed by atoms with Crippen LogP contribution in [0.25, 0.3) is 11.3 Å². The topological polar surface area (TPSA) is 106 Å². The molecule has 216 valence electrons. The number of anilines is 2. The molecule has 1 saturated carbocycles. The number of nitrogens with one attached hydrogen (secondary N) is 1. The molecule has 1 aliphatic heterocycles. The number of carbonyl (C=O) groups is 2. The number of aromatic nitrogens is 5. The van der Waals surface area contributed by atoms with Gasteiger partial charge in [-0.25, -0.2) is 27.5 Å². The fourth-order valence-electron chi connectivity index (χ4n) is 5.21. The van der Waals surface area contributed by atoms with Gasteiger partial charge in [0.15, 0.2) is 17.5 Å². The van der Waals surface area contributed by atoms with E-state index < -0.39 is 41.1 Å². The zero-order valence-corrected chi connectivity index (χ0v) is 22.9. The lowest BCUT2D eigenvalue weighted by Gasteiger charge is -2.21. The van der Waals surface area contributed by atoms with Crippen LogP contribution in [-0.4, -0.2) is 43.1 Å². The van der Waals surface area contributed by atoms with E-state index in [9.17, 15) is 22.8 Å². The predicted octanol–water partition coefficient (Wildman–Crippen LogP) is 5.76. The summed E-state index contributed by atoms with van der Waals surface area (Å²) >= 11 is 5.79. The normalized spacial score (nSPS) is 18.4. The van der Waals surface area contributed by atoms with Gasteiger partial charge in [-0.3, -0.25) is 24.2 Å². The minimum absolute atomic E-state index is 0.0237. The van der Waals surface area contributed by atoms with Gasteiger partial charge in [-0.2, -0.15) is 5.10 Å². The van der Waals surface area contributed by atoms with Gasteiger partial charge in [0.2, 0.25) is 5.91 Å². The maximum atomic E-state index is 15.3. The Morgan fingerprint density at radius 2 is 1.90 bits per heavy atom. The Morgan fingerprint density at radius 1 is 1.12 bits per heavy atom. The third kappa shape index (κ3) is 4.77. The van der Waals surface area contributed by atoms with Gasteiger partial charge in [0.05, 0.1) is 41.0 Å². The van der Waals surface area contributed by atoms with E-state index in [4.69, 9.17) is 11.6 Å². The van der Waals surface area contributed by atoms with Crippen LogP contribution in [0.2, 0.25) is 5.02 Å².